The summed E-state index contributed by atoms with van der Waals surface area (Å²) in [5.41, 5.74) is 4.03. The second kappa shape index (κ2) is 6.95. The zero-order chi connectivity index (χ0) is 16.9. The van der Waals surface area contributed by atoms with E-state index >= 15 is 0 Å². The third kappa shape index (κ3) is 3.60. The van der Waals surface area contributed by atoms with E-state index in [2.05, 4.69) is 20.8 Å². The summed E-state index contributed by atoms with van der Waals surface area (Å²) in [6.45, 7) is 0. The first-order valence-corrected chi connectivity index (χ1v) is 7.46. The lowest BCUT2D eigenvalue weighted by Gasteiger charge is -2.11. The van der Waals surface area contributed by atoms with Gasteiger partial charge in [0.25, 0.3) is 0 Å². The summed E-state index contributed by atoms with van der Waals surface area (Å²) in [7, 11) is 0. The Morgan fingerprint density at radius 1 is 1.29 bits per heavy atom. The normalized spacial score (nSPS) is 26.2. The molecule has 3 rings (SSSR count). The van der Waals surface area contributed by atoms with Gasteiger partial charge in [-0.25, -0.2) is 0 Å². The summed E-state index contributed by atoms with van der Waals surface area (Å²) >= 11 is 0. The molecule has 1 aliphatic heterocycles. The number of nitrogens with zero attached hydrogens (tertiary/aromatic N) is 4. The number of hydrazone groups is 1. The van der Waals surface area contributed by atoms with Gasteiger partial charge in [0.05, 0.1) is 0 Å². The second-order valence-electron chi connectivity index (χ2n) is 5.45. The predicted octanol–water partition coefficient (Wildman–Crippen LogP) is 2.54. The van der Waals surface area contributed by atoms with Gasteiger partial charge in [0.15, 0.2) is 11.6 Å². The highest BCUT2D eigenvalue weighted by atomic mass is 16.6. The standard InChI is InChI=1S/C16H15N5O3/c22-15-7-6-13(21(23)24)8-12(15)10-17-19-16-9-14(18-20-16)11-4-2-1-3-5-11/h1-7,10,13-14,17H,8-9H2/b12-10?,19-16-/t13-,14-/m1/s1. The second-order valence-corrected chi connectivity index (χ2v) is 5.45. The van der Waals surface area contributed by atoms with Crippen LogP contribution in [-0.2, 0) is 4.79 Å². The molecule has 0 bridgehead atoms. The van der Waals surface area contributed by atoms with E-state index in [4.69, 9.17) is 0 Å². The molecule has 1 aromatic rings. The number of rotatable bonds is 4. The third-order valence-corrected chi connectivity index (χ3v) is 3.79. The zero-order valence-corrected chi connectivity index (χ0v) is 12.7. The van der Waals surface area contributed by atoms with E-state index in [1.807, 2.05) is 30.3 Å². The molecule has 122 valence electrons. The number of allylic oxidation sites excluding steroid dienone is 1. The van der Waals surface area contributed by atoms with Gasteiger partial charge >= 0.3 is 0 Å². The third-order valence-electron chi connectivity index (χ3n) is 3.79. The average Bonchev–Trinajstić information content (AvgIpc) is 3.06. The highest BCUT2D eigenvalue weighted by molar-refractivity contribution is 6.04. The molecule has 0 aromatic heterocycles. The molecule has 0 amide bonds. The van der Waals surface area contributed by atoms with E-state index in [0.29, 0.717) is 17.8 Å². The monoisotopic (exact) mass is 325 g/mol. The van der Waals surface area contributed by atoms with Gasteiger partial charge < -0.3 is 0 Å². The maximum absolute atomic E-state index is 11.7. The highest BCUT2D eigenvalue weighted by Gasteiger charge is 2.26. The number of nitro groups is 1. The van der Waals surface area contributed by atoms with Crippen molar-refractivity contribution >= 4 is 11.6 Å². The van der Waals surface area contributed by atoms with Gasteiger partial charge in [-0.05, 0) is 17.7 Å². The number of azo groups is 1. The number of benzene rings is 1. The minimum absolute atomic E-state index is 0.0499. The predicted molar refractivity (Wildman–Crippen MR) is 86.9 cm³/mol. The number of carbonyl (C=O) groups excluding carboxylic acids is 1. The fourth-order valence-electron chi connectivity index (χ4n) is 2.48. The first-order chi connectivity index (χ1) is 11.6. The number of hydrogen-bond donors (Lipinski definition) is 1. The Kier molecular flexibility index (Phi) is 4.55. The zero-order valence-electron chi connectivity index (χ0n) is 12.7. The molecule has 1 N–H and O–H groups in total. The Bertz CT molecular complexity index is 767. The van der Waals surface area contributed by atoms with Crippen molar-refractivity contribution in [3.63, 3.8) is 0 Å². The van der Waals surface area contributed by atoms with Crippen LogP contribution in [0.25, 0.3) is 0 Å². The summed E-state index contributed by atoms with van der Waals surface area (Å²) in [6, 6.07) is 8.84. The van der Waals surface area contributed by atoms with E-state index in [0.717, 1.165) is 5.56 Å². The average molecular weight is 325 g/mol. The van der Waals surface area contributed by atoms with E-state index in [1.54, 1.807) is 0 Å². The van der Waals surface area contributed by atoms with Crippen molar-refractivity contribution in [2.24, 2.45) is 15.3 Å². The fraction of sp³-hybridized carbons (Fsp3) is 0.250. The van der Waals surface area contributed by atoms with Crippen LogP contribution in [0.3, 0.4) is 0 Å². The molecule has 8 heteroatoms. The summed E-state index contributed by atoms with van der Waals surface area (Å²) in [4.78, 5) is 22.1. The molecule has 2 aliphatic rings. The lowest BCUT2D eigenvalue weighted by Crippen LogP contribution is -2.24. The smallest absolute Gasteiger partial charge is 0.235 e. The number of carbonyl (C=O) groups is 1. The molecule has 1 aromatic carbocycles. The van der Waals surface area contributed by atoms with Crippen LogP contribution < -0.4 is 5.43 Å². The maximum Gasteiger partial charge on any atom is 0.235 e. The van der Waals surface area contributed by atoms with Crippen LogP contribution in [0, 0.1) is 10.1 Å². The van der Waals surface area contributed by atoms with E-state index in [1.165, 1.54) is 18.4 Å². The van der Waals surface area contributed by atoms with Gasteiger partial charge in [0.1, 0.15) is 6.04 Å². The molecule has 0 unspecified atom stereocenters. The van der Waals surface area contributed by atoms with Crippen molar-refractivity contribution in [1.29, 1.82) is 0 Å². The molecule has 1 heterocycles. The molecule has 8 nitrogen and oxygen atoms in total. The largest absolute Gasteiger partial charge is 0.290 e. The minimum atomic E-state index is -0.878. The van der Waals surface area contributed by atoms with Crippen molar-refractivity contribution in [1.82, 2.24) is 5.43 Å². The van der Waals surface area contributed by atoms with Crippen LogP contribution in [0.2, 0.25) is 0 Å². The summed E-state index contributed by atoms with van der Waals surface area (Å²) in [5, 5.41) is 23.1. The first kappa shape index (κ1) is 15.7. The van der Waals surface area contributed by atoms with Crippen LogP contribution in [-0.4, -0.2) is 22.6 Å². The Morgan fingerprint density at radius 2 is 2.08 bits per heavy atom. The topological polar surface area (TPSA) is 109 Å². The van der Waals surface area contributed by atoms with Gasteiger partial charge in [-0.15, -0.1) is 5.11 Å². The summed E-state index contributed by atoms with van der Waals surface area (Å²) in [6.07, 6.45) is 4.53. The van der Waals surface area contributed by atoms with Crippen LogP contribution in [0.1, 0.15) is 24.4 Å². The van der Waals surface area contributed by atoms with Crippen LogP contribution in [0.4, 0.5) is 0 Å². The maximum atomic E-state index is 11.7. The number of nitrogens with one attached hydrogen (secondary N) is 1. The minimum Gasteiger partial charge on any atom is -0.290 e. The molecule has 0 saturated carbocycles. The molecule has 0 radical (unpaired) electrons. The Morgan fingerprint density at radius 3 is 2.83 bits per heavy atom. The Labute approximate surface area is 137 Å². The van der Waals surface area contributed by atoms with Gasteiger partial charge in [-0.2, -0.15) is 10.2 Å². The summed E-state index contributed by atoms with van der Waals surface area (Å²) < 4.78 is 0. The quantitative estimate of drug-likeness (QED) is 0.521. The number of ketones is 1. The van der Waals surface area contributed by atoms with Gasteiger partial charge in [-0.3, -0.25) is 20.3 Å². The van der Waals surface area contributed by atoms with Crippen molar-refractivity contribution in [2.45, 2.75) is 24.9 Å². The first-order valence-electron chi connectivity index (χ1n) is 7.46. The van der Waals surface area contributed by atoms with Gasteiger partial charge in [0.2, 0.25) is 6.04 Å². The van der Waals surface area contributed by atoms with E-state index in [-0.39, 0.29) is 18.2 Å². The summed E-state index contributed by atoms with van der Waals surface area (Å²) in [5.74, 6) is 0.265. The SMILES string of the molecule is O=C1C=C[C@@H]([N+](=O)[O-])CC1=CN/N=C1/C[C@H](c2ccccc2)N=N1. The van der Waals surface area contributed by atoms with Crippen molar-refractivity contribution in [2.75, 3.05) is 0 Å². The van der Waals surface area contributed by atoms with Crippen molar-refractivity contribution < 1.29 is 9.72 Å². The van der Waals surface area contributed by atoms with E-state index in [9.17, 15) is 14.9 Å². The lowest BCUT2D eigenvalue weighted by atomic mass is 9.97. The fourth-order valence-corrected chi connectivity index (χ4v) is 2.48. The van der Waals surface area contributed by atoms with Crippen molar-refractivity contribution in [3.05, 3.63) is 69.9 Å². The molecule has 24 heavy (non-hydrogen) atoms. The molecule has 2 atom stereocenters. The van der Waals surface area contributed by atoms with Crippen molar-refractivity contribution in [3.8, 4) is 0 Å². The molecular formula is C16H15N5O3. The van der Waals surface area contributed by atoms with Gasteiger partial charge in [-0.1, -0.05) is 30.3 Å². The molecular weight excluding hydrogens is 310 g/mol. The highest BCUT2D eigenvalue weighted by Crippen LogP contribution is 2.27. The Balaban J connectivity index is 1.61. The van der Waals surface area contributed by atoms with Gasteiger partial charge in [0, 0.05) is 29.5 Å². The van der Waals surface area contributed by atoms with E-state index < -0.39 is 11.0 Å². The van der Waals surface area contributed by atoms with Crippen LogP contribution >= 0.6 is 0 Å². The molecule has 0 fully saturated rings. The Hall–Kier alpha value is -3.16. The number of amidine groups is 1. The van der Waals surface area contributed by atoms with Crippen LogP contribution in [0.15, 0.2) is 69.6 Å². The lowest BCUT2D eigenvalue weighted by molar-refractivity contribution is -0.508. The number of hydrogen-bond acceptors (Lipinski definition) is 6. The molecule has 1 aliphatic carbocycles. The van der Waals surface area contributed by atoms with Crippen LogP contribution in [0.5, 0.6) is 0 Å². The molecule has 0 spiro atoms. The molecule has 0 saturated heterocycles.